The van der Waals surface area contributed by atoms with Crippen LogP contribution in [-0.4, -0.2) is 36.9 Å². The molecule has 1 fully saturated rings. The average molecular weight is 526 g/mol. The molecule has 0 atom stereocenters. The van der Waals surface area contributed by atoms with E-state index in [1.54, 1.807) is 18.4 Å². The van der Waals surface area contributed by atoms with Crippen molar-refractivity contribution in [2.75, 3.05) is 20.1 Å². The van der Waals surface area contributed by atoms with E-state index in [0.29, 0.717) is 19.5 Å². The lowest BCUT2D eigenvalue weighted by molar-refractivity contribution is -0.128. The molecule has 0 aliphatic carbocycles. The smallest absolute Gasteiger partial charge is 0.222 e. The van der Waals surface area contributed by atoms with E-state index in [9.17, 15) is 4.79 Å². The number of benzene rings is 1. The Morgan fingerprint density at radius 1 is 1.17 bits per heavy atom. The van der Waals surface area contributed by atoms with Crippen molar-refractivity contribution in [2.24, 2.45) is 4.99 Å². The Bertz CT molecular complexity index is 803. The first-order valence-electron chi connectivity index (χ1n) is 9.82. The number of hydrogen-bond acceptors (Lipinski definition) is 3. The highest BCUT2D eigenvalue weighted by atomic mass is 127. The van der Waals surface area contributed by atoms with E-state index >= 15 is 0 Å². The molecule has 1 aromatic carbocycles. The summed E-state index contributed by atoms with van der Waals surface area (Å²) in [5.41, 5.74) is 2.43. The lowest BCUT2D eigenvalue weighted by Crippen LogP contribution is -2.42. The van der Waals surface area contributed by atoms with Gasteiger partial charge in [-0.25, -0.2) is 0 Å². The summed E-state index contributed by atoms with van der Waals surface area (Å²) in [5.74, 6) is 1.07. The molecule has 0 bridgehead atoms. The van der Waals surface area contributed by atoms with Gasteiger partial charge in [0.05, 0.1) is 0 Å². The maximum absolute atomic E-state index is 11.8. The van der Waals surface area contributed by atoms with E-state index in [2.05, 4.69) is 71.3 Å². The second-order valence-electron chi connectivity index (χ2n) is 7.88. The van der Waals surface area contributed by atoms with Crippen LogP contribution in [0.1, 0.15) is 42.7 Å². The first kappa shape index (κ1) is 23.7. The summed E-state index contributed by atoms with van der Waals surface area (Å²) in [6, 6.07) is 12.7. The van der Waals surface area contributed by atoms with Crippen molar-refractivity contribution in [1.29, 1.82) is 0 Å². The fraction of sp³-hybridized carbons (Fsp3) is 0.455. The van der Waals surface area contributed by atoms with Crippen LogP contribution in [0.25, 0.3) is 0 Å². The van der Waals surface area contributed by atoms with Gasteiger partial charge in [-0.3, -0.25) is 9.79 Å². The van der Waals surface area contributed by atoms with Crippen LogP contribution in [0.15, 0.2) is 46.8 Å². The highest BCUT2D eigenvalue weighted by Crippen LogP contribution is 2.26. The van der Waals surface area contributed by atoms with E-state index < -0.39 is 0 Å². The van der Waals surface area contributed by atoms with Crippen molar-refractivity contribution in [2.45, 2.75) is 45.2 Å². The molecule has 5 nitrogen and oxygen atoms in total. The van der Waals surface area contributed by atoms with Crippen LogP contribution in [-0.2, 0) is 23.3 Å². The summed E-state index contributed by atoms with van der Waals surface area (Å²) in [5, 5.41) is 8.93. The summed E-state index contributed by atoms with van der Waals surface area (Å²) in [6.45, 7) is 7.60. The van der Waals surface area contributed by atoms with E-state index in [4.69, 9.17) is 0 Å². The number of aliphatic imine (C=N–C) groups is 1. The van der Waals surface area contributed by atoms with Crippen molar-refractivity contribution in [1.82, 2.24) is 15.5 Å². The third-order valence-corrected chi connectivity index (χ3v) is 6.37. The quantitative estimate of drug-likeness (QED) is 0.324. The van der Waals surface area contributed by atoms with Gasteiger partial charge in [0, 0.05) is 49.9 Å². The Labute approximate surface area is 195 Å². The molecule has 29 heavy (non-hydrogen) atoms. The van der Waals surface area contributed by atoms with Gasteiger partial charge in [-0.05, 0) is 29.0 Å². The SMILES string of the molecule is CN=C(NCc1ccc(CN2CCCC2=O)cc1)NCC(C)(C)c1cccs1.I. The van der Waals surface area contributed by atoms with Gasteiger partial charge in [-0.15, -0.1) is 35.3 Å². The van der Waals surface area contributed by atoms with E-state index in [-0.39, 0.29) is 35.3 Å². The van der Waals surface area contributed by atoms with E-state index in [1.807, 2.05) is 4.90 Å². The zero-order chi connectivity index (χ0) is 20.0. The second kappa shape index (κ2) is 11.0. The normalized spacial score (nSPS) is 14.7. The number of hydrogen-bond donors (Lipinski definition) is 2. The van der Waals surface area contributed by atoms with Crippen LogP contribution in [0.4, 0.5) is 0 Å². The van der Waals surface area contributed by atoms with Crippen LogP contribution in [0.2, 0.25) is 0 Å². The molecule has 0 unspecified atom stereocenters. The third kappa shape index (κ3) is 6.70. The predicted octanol–water partition coefficient (Wildman–Crippen LogP) is 4.13. The number of rotatable bonds is 7. The number of nitrogens with one attached hydrogen (secondary N) is 2. The molecular formula is C22H31IN4OS. The minimum absolute atomic E-state index is 0. The fourth-order valence-corrected chi connectivity index (χ4v) is 4.17. The summed E-state index contributed by atoms with van der Waals surface area (Å²) in [4.78, 5) is 19.4. The van der Waals surface area contributed by atoms with Gasteiger partial charge in [0.15, 0.2) is 5.96 Å². The largest absolute Gasteiger partial charge is 0.356 e. The molecule has 2 heterocycles. The summed E-state index contributed by atoms with van der Waals surface area (Å²) < 4.78 is 0. The molecule has 0 spiro atoms. The van der Waals surface area contributed by atoms with Crippen LogP contribution < -0.4 is 10.6 Å². The Morgan fingerprint density at radius 2 is 1.90 bits per heavy atom. The molecule has 158 valence electrons. The maximum Gasteiger partial charge on any atom is 0.222 e. The van der Waals surface area contributed by atoms with Crippen molar-refractivity contribution in [3.63, 3.8) is 0 Å². The molecule has 0 radical (unpaired) electrons. The zero-order valence-corrected chi connectivity index (χ0v) is 20.6. The number of carbonyl (C=O) groups excluding carboxylic acids is 1. The lowest BCUT2D eigenvalue weighted by Gasteiger charge is -2.25. The molecule has 1 saturated heterocycles. The molecular weight excluding hydrogens is 495 g/mol. The number of amides is 1. The van der Waals surface area contributed by atoms with Crippen molar-refractivity contribution in [3.8, 4) is 0 Å². The molecule has 7 heteroatoms. The van der Waals surface area contributed by atoms with Crippen LogP contribution in [0.3, 0.4) is 0 Å². The monoisotopic (exact) mass is 526 g/mol. The van der Waals surface area contributed by atoms with Crippen molar-refractivity contribution < 1.29 is 4.79 Å². The highest BCUT2D eigenvalue weighted by Gasteiger charge is 2.22. The third-order valence-electron chi connectivity index (χ3n) is 5.14. The number of halogens is 1. The topological polar surface area (TPSA) is 56.7 Å². The molecule has 1 aliphatic rings. The summed E-state index contributed by atoms with van der Waals surface area (Å²) in [6.07, 6.45) is 1.67. The van der Waals surface area contributed by atoms with E-state index in [1.165, 1.54) is 16.0 Å². The molecule has 0 saturated carbocycles. The summed E-state index contributed by atoms with van der Waals surface area (Å²) >= 11 is 1.79. The van der Waals surface area contributed by atoms with E-state index in [0.717, 1.165) is 25.5 Å². The van der Waals surface area contributed by atoms with Gasteiger partial charge in [0.25, 0.3) is 0 Å². The highest BCUT2D eigenvalue weighted by molar-refractivity contribution is 14.0. The van der Waals surface area contributed by atoms with Crippen molar-refractivity contribution in [3.05, 3.63) is 57.8 Å². The van der Waals surface area contributed by atoms with Gasteiger partial charge in [0.1, 0.15) is 0 Å². The Balaban J connectivity index is 0.00000300. The molecule has 2 aromatic rings. The number of guanidine groups is 1. The predicted molar refractivity (Wildman–Crippen MR) is 132 cm³/mol. The second-order valence-corrected chi connectivity index (χ2v) is 8.82. The number of thiophene rings is 1. The van der Waals surface area contributed by atoms with Gasteiger partial charge >= 0.3 is 0 Å². The molecule has 1 aliphatic heterocycles. The first-order valence-corrected chi connectivity index (χ1v) is 10.7. The lowest BCUT2D eigenvalue weighted by atomic mass is 9.91. The van der Waals surface area contributed by atoms with Crippen molar-refractivity contribution >= 4 is 47.2 Å². The van der Waals surface area contributed by atoms with Crippen LogP contribution >= 0.6 is 35.3 Å². The molecule has 2 N–H and O–H groups in total. The standard InChI is InChI=1S/C22H30N4OS.HI/c1-22(2,19-6-5-13-28-19)16-25-21(23-3)24-14-17-8-10-18(11-9-17)15-26-12-4-7-20(26)27;/h5-6,8-11,13H,4,7,12,14-16H2,1-3H3,(H2,23,24,25);1H. The zero-order valence-electron chi connectivity index (χ0n) is 17.4. The maximum atomic E-state index is 11.8. The Morgan fingerprint density at radius 3 is 2.48 bits per heavy atom. The minimum atomic E-state index is 0. The number of nitrogens with zero attached hydrogens (tertiary/aromatic N) is 2. The molecule has 1 aromatic heterocycles. The van der Waals surface area contributed by atoms with Gasteiger partial charge in [-0.1, -0.05) is 44.2 Å². The number of carbonyl (C=O) groups is 1. The first-order chi connectivity index (χ1) is 13.5. The van der Waals surface area contributed by atoms with Crippen LogP contribution in [0.5, 0.6) is 0 Å². The average Bonchev–Trinajstić information content (AvgIpc) is 3.36. The van der Waals surface area contributed by atoms with Gasteiger partial charge < -0.3 is 15.5 Å². The Hall–Kier alpha value is -1.61. The van der Waals surface area contributed by atoms with Gasteiger partial charge in [0.2, 0.25) is 5.91 Å². The summed E-state index contributed by atoms with van der Waals surface area (Å²) in [7, 11) is 1.80. The fourth-order valence-electron chi connectivity index (χ4n) is 3.32. The Kier molecular flexibility index (Phi) is 8.95. The number of likely N-dealkylation sites (tertiary alicyclic amines) is 1. The molecule has 3 rings (SSSR count). The molecule has 1 amide bonds. The van der Waals surface area contributed by atoms with Crippen LogP contribution in [0, 0.1) is 0 Å². The minimum Gasteiger partial charge on any atom is -0.356 e. The van der Waals surface area contributed by atoms with Gasteiger partial charge in [-0.2, -0.15) is 0 Å².